The number of hydrogen-bond donors (Lipinski definition) is 2. The smallest absolute Gasteiger partial charge is 0.246 e. The van der Waals surface area contributed by atoms with Crippen molar-refractivity contribution in [2.24, 2.45) is 11.7 Å². The van der Waals surface area contributed by atoms with E-state index in [2.05, 4.69) is 15.5 Å². The number of amides is 2. The third-order valence-electron chi connectivity index (χ3n) is 4.05. The first kappa shape index (κ1) is 18.3. The highest BCUT2D eigenvalue weighted by atomic mass is 16.5. The van der Waals surface area contributed by atoms with E-state index in [0.717, 1.165) is 0 Å². The Balaban J connectivity index is 1.86. The first-order valence-corrected chi connectivity index (χ1v) is 8.08. The van der Waals surface area contributed by atoms with Crippen LogP contribution in [0.1, 0.15) is 31.5 Å². The standard InChI is InChI=1S/C15H25N5O4/c1-10(21)20-8-11(3-4-12(16)9-20)15(22)17-7-14-18-13(19-24-14)5-6-23-2/h11-12H,3-9,16H2,1-2H3,(H,17,22)/t11-,12+/m1/s1. The molecule has 2 atom stereocenters. The number of nitrogens with two attached hydrogens (primary N) is 1. The Bertz CT molecular complexity index is 562. The lowest BCUT2D eigenvalue weighted by atomic mass is 10.0. The maximum Gasteiger partial charge on any atom is 0.246 e. The Hall–Kier alpha value is -2.00. The number of ether oxygens (including phenoxy) is 1. The molecule has 0 spiro atoms. The molecule has 1 aliphatic heterocycles. The molecule has 1 aliphatic rings. The molecular formula is C15H25N5O4. The van der Waals surface area contributed by atoms with Crippen LogP contribution in [0.5, 0.6) is 0 Å². The monoisotopic (exact) mass is 339 g/mol. The quantitative estimate of drug-likeness (QED) is 0.713. The van der Waals surface area contributed by atoms with Gasteiger partial charge in [-0.25, -0.2) is 0 Å². The largest absolute Gasteiger partial charge is 0.384 e. The number of methoxy groups -OCH3 is 1. The van der Waals surface area contributed by atoms with Crippen LogP contribution in [0.4, 0.5) is 0 Å². The Labute approximate surface area is 140 Å². The second kappa shape index (κ2) is 8.74. The van der Waals surface area contributed by atoms with Crippen molar-refractivity contribution in [3.05, 3.63) is 11.7 Å². The van der Waals surface area contributed by atoms with Gasteiger partial charge < -0.3 is 25.2 Å². The van der Waals surface area contributed by atoms with Gasteiger partial charge in [-0.3, -0.25) is 9.59 Å². The molecule has 2 heterocycles. The summed E-state index contributed by atoms with van der Waals surface area (Å²) >= 11 is 0. The highest BCUT2D eigenvalue weighted by Gasteiger charge is 2.28. The Kier molecular flexibility index (Phi) is 6.68. The normalized spacial score (nSPS) is 21.4. The molecule has 3 N–H and O–H groups in total. The van der Waals surface area contributed by atoms with Crippen LogP contribution in [0.15, 0.2) is 4.52 Å². The summed E-state index contributed by atoms with van der Waals surface area (Å²) in [7, 11) is 1.60. The molecule has 134 valence electrons. The second-order valence-corrected chi connectivity index (χ2v) is 6.02. The molecule has 2 rings (SSSR count). The maximum atomic E-state index is 12.4. The highest BCUT2D eigenvalue weighted by molar-refractivity contribution is 5.80. The van der Waals surface area contributed by atoms with E-state index in [-0.39, 0.29) is 30.3 Å². The minimum atomic E-state index is -0.279. The van der Waals surface area contributed by atoms with Crippen LogP contribution >= 0.6 is 0 Å². The van der Waals surface area contributed by atoms with Gasteiger partial charge in [0, 0.05) is 39.6 Å². The van der Waals surface area contributed by atoms with Crippen molar-refractivity contribution in [2.75, 3.05) is 26.8 Å². The van der Waals surface area contributed by atoms with E-state index in [4.69, 9.17) is 15.0 Å². The van der Waals surface area contributed by atoms with E-state index in [0.29, 0.717) is 50.7 Å². The molecule has 1 saturated heterocycles. The van der Waals surface area contributed by atoms with E-state index >= 15 is 0 Å². The third-order valence-corrected chi connectivity index (χ3v) is 4.05. The lowest BCUT2D eigenvalue weighted by Gasteiger charge is -2.23. The number of rotatable bonds is 6. The molecule has 0 unspecified atom stereocenters. The molecule has 1 aromatic heterocycles. The number of nitrogens with zero attached hydrogens (tertiary/aromatic N) is 3. The molecule has 0 aromatic carbocycles. The van der Waals surface area contributed by atoms with Crippen LogP contribution in [0.3, 0.4) is 0 Å². The van der Waals surface area contributed by atoms with Crippen LogP contribution < -0.4 is 11.1 Å². The van der Waals surface area contributed by atoms with Gasteiger partial charge in [-0.1, -0.05) is 5.16 Å². The molecule has 1 fully saturated rings. The fourth-order valence-corrected chi connectivity index (χ4v) is 2.66. The predicted octanol–water partition coefficient (Wildman–Crippen LogP) is -0.539. The summed E-state index contributed by atoms with van der Waals surface area (Å²) in [5, 5.41) is 6.61. The topological polar surface area (TPSA) is 124 Å². The highest BCUT2D eigenvalue weighted by Crippen LogP contribution is 2.16. The van der Waals surface area contributed by atoms with E-state index in [9.17, 15) is 9.59 Å². The molecule has 9 heteroatoms. The van der Waals surface area contributed by atoms with E-state index in [1.807, 2.05) is 0 Å². The van der Waals surface area contributed by atoms with Crippen LogP contribution in [-0.2, 0) is 27.3 Å². The average Bonchev–Trinajstić information content (AvgIpc) is 2.91. The van der Waals surface area contributed by atoms with Crippen LogP contribution in [0, 0.1) is 5.92 Å². The number of carbonyl (C=O) groups is 2. The summed E-state index contributed by atoms with van der Waals surface area (Å²) in [6, 6.07) is -0.0917. The van der Waals surface area contributed by atoms with Gasteiger partial charge in [0.25, 0.3) is 0 Å². The zero-order valence-electron chi connectivity index (χ0n) is 14.2. The summed E-state index contributed by atoms with van der Waals surface area (Å²) in [6.45, 7) is 3.05. The van der Waals surface area contributed by atoms with Crippen molar-refractivity contribution in [1.29, 1.82) is 0 Å². The van der Waals surface area contributed by atoms with Crippen molar-refractivity contribution in [3.63, 3.8) is 0 Å². The molecular weight excluding hydrogens is 314 g/mol. The molecule has 2 amide bonds. The molecule has 1 aromatic rings. The zero-order valence-corrected chi connectivity index (χ0v) is 14.2. The first-order chi connectivity index (χ1) is 11.5. The third kappa shape index (κ3) is 5.27. The van der Waals surface area contributed by atoms with Gasteiger partial charge >= 0.3 is 0 Å². The summed E-state index contributed by atoms with van der Waals surface area (Å²) in [6.07, 6.45) is 1.92. The van der Waals surface area contributed by atoms with Gasteiger partial charge in [-0.2, -0.15) is 4.98 Å². The van der Waals surface area contributed by atoms with Crippen molar-refractivity contribution in [2.45, 2.75) is 38.8 Å². The molecule has 0 saturated carbocycles. The molecule has 0 radical (unpaired) electrons. The van der Waals surface area contributed by atoms with E-state index < -0.39 is 0 Å². The predicted molar refractivity (Wildman–Crippen MR) is 84.7 cm³/mol. The van der Waals surface area contributed by atoms with Gasteiger partial charge in [0.1, 0.15) is 0 Å². The lowest BCUT2D eigenvalue weighted by Crippen LogP contribution is -2.42. The van der Waals surface area contributed by atoms with Gasteiger partial charge in [-0.05, 0) is 12.8 Å². The van der Waals surface area contributed by atoms with Crippen LogP contribution in [0.2, 0.25) is 0 Å². The summed E-state index contributed by atoms with van der Waals surface area (Å²) < 4.78 is 10.0. The average molecular weight is 339 g/mol. The van der Waals surface area contributed by atoms with Gasteiger partial charge in [0.2, 0.25) is 17.7 Å². The van der Waals surface area contributed by atoms with Crippen molar-refractivity contribution < 1.29 is 18.8 Å². The first-order valence-electron chi connectivity index (χ1n) is 8.08. The Morgan fingerprint density at radius 2 is 2.21 bits per heavy atom. The van der Waals surface area contributed by atoms with Crippen LogP contribution in [-0.4, -0.2) is 59.7 Å². The Morgan fingerprint density at radius 3 is 2.92 bits per heavy atom. The summed E-state index contributed by atoms with van der Waals surface area (Å²) in [5.74, 6) is 0.419. The number of likely N-dealkylation sites (tertiary alicyclic amines) is 1. The molecule has 24 heavy (non-hydrogen) atoms. The lowest BCUT2D eigenvalue weighted by molar-refractivity contribution is -0.131. The minimum absolute atomic E-state index is 0.0650. The van der Waals surface area contributed by atoms with Gasteiger partial charge in [-0.15, -0.1) is 0 Å². The van der Waals surface area contributed by atoms with Gasteiger partial charge in [0.15, 0.2) is 5.82 Å². The summed E-state index contributed by atoms with van der Waals surface area (Å²) in [5.41, 5.74) is 5.96. The summed E-state index contributed by atoms with van der Waals surface area (Å²) in [4.78, 5) is 29.8. The van der Waals surface area contributed by atoms with Crippen molar-refractivity contribution in [1.82, 2.24) is 20.4 Å². The number of hydrogen-bond acceptors (Lipinski definition) is 7. The Morgan fingerprint density at radius 1 is 1.42 bits per heavy atom. The van der Waals surface area contributed by atoms with Crippen molar-refractivity contribution in [3.8, 4) is 0 Å². The van der Waals surface area contributed by atoms with Gasteiger partial charge in [0.05, 0.1) is 19.1 Å². The van der Waals surface area contributed by atoms with E-state index in [1.165, 1.54) is 6.92 Å². The minimum Gasteiger partial charge on any atom is -0.384 e. The zero-order chi connectivity index (χ0) is 17.5. The SMILES string of the molecule is COCCc1noc(CNC(=O)[C@@H]2CC[C@H](N)CN(C(C)=O)C2)n1. The molecule has 9 nitrogen and oxygen atoms in total. The second-order valence-electron chi connectivity index (χ2n) is 6.02. The maximum absolute atomic E-state index is 12.4. The number of nitrogens with one attached hydrogen (secondary N) is 1. The van der Waals surface area contributed by atoms with Crippen LogP contribution in [0.25, 0.3) is 0 Å². The number of aromatic nitrogens is 2. The fraction of sp³-hybridized carbons (Fsp3) is 0.733. The molecule has 0 aliphatic carbocycles. The number of carbonyl (C=O) groups excluding carboxylic acids is 2. The van der Waals surface area contributed by atoms with Crippen molar-refractivity contribution >= 4 is 11.8 Å². The van der Waals surface area contributed by atoms with E-state index in [1.54, 1.807) is 12.0 Å². The molecule has 0 bridgehead atoms. The fourth-order valence-electron chi connectivity index (χ4n) is 2.66.